The highest BCUT2D eigenvalue weighted by molar-refractivity contribution is 4.96. The summed E-state index contributed by atoms with van der Waals surface area (Å²) in [5, 5.41) is 0. The van der Waals surface area contributed by atoms with Gasteiger partial charge in [-0.1, -0.05) is 20.8 Å². The quantitative estimate of drug-likeness (QED) is 0.564. The van der Waals surface area contributed by atoms with E-state index >= 15 is 0 Å². The van der Waals surface area contributed by atoms with Crippen LogP contribution < -0.4 is 5.63 Å². The van der Waals surface area contributed by atoms with Crippen LogP contribution in [0.2, 0.25) is 0 Å². The molecule has 0 aliphatic carbocycles. The maximum absolute atomic E-state index is 10.7. The van der Waals surface area contributed by atoms with Crippen LogP contribution in [0, 0.1) is 0 Å². The van der Waals surface area contributed by atoms with E-state index in [1.807, 2.05) is 20.8 Å². The molecular formula is C8H11NO2. The number of rotatable bonds is 0. The average Bonchev–Trinajstić information content (AvgIpc) is 1.86. The summed E-state index contributed by atoms with van der Waals surface area (Å²) in [5.74, 6) is 0.477. The lowest BCUT2D eigenvalue weighted by molar-refractivity contribution is 0.353. The maximum atomic E-state index is 10.7. The Balaban J connectivity index is 3.16. The molecule has 1 rings (SSSR count). The van der Waals surface area contributed by atoms with Crippen molar-refractivity contribution >= 4 is 0 Å². The van der Waals surface area contributed by atoms with Gasteiger partial charge in [-0.2, -0.15) is 0 Å². The van der Waals surface area contributed by atoms with Crippen LogP contribution in [0.4, 0.5) is 0 Å². The van der Waals surface area contributed by atoms with Gasteiger partial charge >= 0.3 is 5.63 Å². The molecule has 0 aromatic carbocycles. The molecule has 3 nitrogen and oxygen atoms in total. The molecule has 0 aliphatic heterocycles. The molecule has 60 valence electrons. The van der Waals surface area contributed by atoms with Crippen molar-refractivity contribution in [3.63, 3.8) is 0 Å². The Bertz CT molecular complexity index is 295. The zero-order valence-electron chi connectivity index (χ0n) is 6.92. The van der Waals surface area contributed by atoms with Gasteiger partial charge in [-0.05, 0) is 0 Å². The first-order valence-electron chi connectivity index (χ1n) is 3.47. The molecule has 0 spiro atoms. The molecule has 0 fully saturated rings. The van der Waals surface area contributed by atoms with Crippen LogP contribution in [-0.4, -0.2) is 4.98 Å². The smallest absolute Gasteiger partial charge is 0.338 e. The predicted molar refractivity (Wildman–Crippen MR) is 41.5 cm³/mol. The molecule has 0 aliphatic rings. The van der Waals surface area contributed by atoms with Gasteiger partial charge in [-0.3, -0.25) is 0 Å². The monoisotopic (exact) mass is 153 g/mol. The molecule has 0 amide bonds. The zero-order chi connectivity index (χ0) is 8.48. The van der Waals surface area contributed by atoms with E-state index < -0.39 is 0 Å². The van der Waals surface area contributed by atoms with E-state index in [0.29, 0.717) is 5.89 Å². The largest absolute Gasteiger partial charge is 0.408 e. The summed E-state index contributed by atoms with van der Waals surface area (Å²) in [7, 11) is 0. The van der Waals surface area contributed by atoms with E-state index in [4.69, 9.17) is 4.42 Å². The summed E-state index contributed by atoms with van der Waals surface area (Å²) in [4.78, 5) is 14.7. The van der Waals surface area contributed by atoms with Gasteiger partial charge in [0.25, 0.3) is 0 Å². The summed E-state index contributed by atoms with van der Waals surface area (Å²) in [6, 6.07) is 1.30. The Morgan fingerprint density at radius 3 is 2.45 bits per heavy atom. The molecule has 11 heavy (non-hydrogen) atoms. The van der Waals surface area contributed by atoms with Gasteiger partial charge in [-0.25, -0.2) is 9.78 Å². The highest BCUT2D eigenvalue weighted by atomic mass is 16.4. The van der Waals surface area contributed by atoms with Crippen LogP contribution in [0.25, 0.3) is 0 Å². The van der Waals surface area contributed by atoms with Gasteiger partial charge in [0.2, 0.25) is 5.89 Å². The fourth-order valence-electron chi connectivity index (χ4n) is 0.668. The summed E-state index contributed by atoms with van der Waals surface area (Å²) >= 11 is 0. The molecule has 0 saturated carbocycles. The third-order valence-corrected chi connectivity index (χ3v) is 1.24. The number of hydrogen-bond acceptors (Lipinski definition) is 3. The third-order valence-electron chi connectivity index (χ3n) is 1.24. The molecule has 0 unspecified atom stereocenters. The molecule has 0 radical (unpaired) electrons. The van der Waals surface area contributed by atoms with E-state index in [0.717, 1.165) is 0 Å². The first kappa shape index (κ1) is 7.98. The molecule has 1 heterocycles. The van der Waals surface area contributed by atoms with Gasteiger partial charge in [0.05, 0.1) is 0 Å². The predicted octanol–water partition coefficient (Wildman–Crippen LogP) is 1.33. The summed E-state index contributed by atoms with van der Waals surface area (Å²) in [6.45, 7) is 5.83. The molecule has 0 N–H and O–H groups in total. The molecule has 1 aromatic heterocycles. The fraction of sp³-hybridized carbons (Fsp3) is 0.500. The Kier molecular flexibility index (Phi) is 1.81. The van der Waals surface area contributed by atoms with Crippen molar-refractivity contribution in [2.75, 3.05) is 0 Å². The van der Waals surface area contributed by atoms with Crippen LogP contribution in [0.15, 0.2) is 21.5 Å². The van der Waals surface area contributed by atoms with E-state index in [1.54, 1.807) is 0 Å². The summed E-state index contributed by atoms with van der Waals surface area (Å²) in [6.07, 6.45) is 1.46. The second-order valence-electron chi connectivity index (χ2n) is 3.42. The lowest BCUT2D eigenvalue weighted by atomic mass is 9.97. The van der Waals surface area contributed by atoms with Crippen molar-refractivity contribution in [3.05, 3.63) is 28.6 Å². The van der Waals surface area contributed by atoms with Crippen LogP contribution >= 0.6 is 0 Å². The Hall–Kier alpha value is -1.12. The second-order valence-corrected chi connectivity index (χ2v) is 3.42. The molecular weight excluding hydrogens is 142 g/mol. The standard InChI is InChI=1S/C8H11NO2/c1-8(2,3)7-9-5-4-6(10)11-7/h4-5H,1-3H3. The maximum Gasteiger partial charge on any atom is 0.338 e. The van der Waals surface area contributed by atoms with E-state index in [1.165, 1.54) is 12.3 Å². The van der Waals surface area contributed by atoms with E-state index in [9.17, 15) is 4.79 Å². The van der Waals surface area contributed by atoms with Gasteiger partial charge in [0.1, 0.15) is 0 Å². The summed E-state index contributed by atoms with van der Waals surface area (Å²) < 4.78 is 4.88. The molecule has 3 heteroatoms. The highest BCUT2D eigenvalue weighted by Crippen LogP contribution is 2.17. The van der Waals surface area contributed by atoms with Gasteiger partial charge < -0.3 is 4.42 Å². The zero-order valence-corrected chi connectivity index (χ0v) is 6.92. The third kappa shape index (κ3) is 1.90. The highest BCUT2D eigenvalue weighted by Gasteiger charge is 2.17. The number of hydrogen-bond donors (Lipinski definition) is 0. The Morgan fingerprint density at radius 2 is 2.09 bits per heavy atom. The molecule has 0 atom stereocenters. The SMILES string of the molecule is CC(C)(C)c1nccc(=O)o1. The molecule has 1 aromatic rings. The van der Waals surface area contributed by atoms with Crippen LogP contribution in [0.5, 0.6) is 0 Å². The van der Waals surface area contributed by atoms with Crippen molar-refractivity contribution in [1.29, 1.82) is 0 Å². The van der Waals surface area contributed by atoms with Crippen molar-refractivity contribution in [2.24, 2.45) is 0 Å². The lowest BCUT2D eigenvalue weighted by Crippen LogP contribution is -2.16. The van der Waals surface area contributed by atoms with Crippen molar-refractivity contribution < 1.29 is 4.42 Å². The number of aromatic nitrogens is 1. The van der Waals surface area contributed by atoms with Crippen LogP contribution in [-0.2, 0) is 5.41 Å². The first-order chi connectivity index (χ1) is 5.00. The van der Waals surface area contributed by atoms with E-state index in [-0.39, 0.29) is 11.0 Å². The van der Waals surface area contributed by atoms with Gasteiger partial charge in [0, 0.05) is 17.7 Å². The first-order valence-corrected chi connectivity index (χ1v) is 3.47. The van der Waals surface area contributed by atoms with Crippen molar-refractivity contribution in [3.8, 4) is 0 Å². The minimum atomic E-state index is -0.343. The summed E-state index contributed by atoms with van der Waals surface area (Å²) in [5.41, 5.74) is -0.537. The molecule has 0 bridgehead atoms. The minimum Gasteiger partial charge on any atom is -0.408 e. The second kappa shape index (κ2) is 2.49. The van der Waals surface area contributed by atoms with Crippen LogP contribution in [0.1, 0.15) is 26.7 Å². The van der Waals surface area contributed by atoms with Crippen molar-refractivity contribution in [2.45, 2.75) is 26.2 Å². The van der Waals surface area contributed by atoms with Gasteiger partial charge in [0.15, 0.2) is 0 Å². The van der Waals surface area contributed by atoms with Gasteiger partial charge in [-0.15, -0.1) is 0 Å². The minimum absolute atomic E-state index is 0.194. The normalized spacial score (nSPS) is 11.5. The molecule has 0 saturated heterocycles. The van der Waals surface area contributed by atoms with E-state index in [2.05, 4.69) is 4.98 Å². The van der Waals surface area contributed by atoms with Crippen molar-refractivity contribution in [1.82, 2.24) is 4.98 Å². The number of nitrogens with zero attached hydrogens (tertiary/aromatic N) is 1. The Morgan fingerprint density at radius 1 is 1.45 bits per heavy atom. The topological polar surface area (TPSA) is 43.1 Å². The lowest BCUT2D eigenvalue weighted by Gasteiger charge is -2.13. The average molecular weight is 153 g/mol. The van der Waals surface area contributed by atoms with Crippen LogP contribution in [0.3, 0.4) is 0 Å². The fourth-order valence-corrected chi connectivity index (χ4v) is 0.668. The Labute approximate surface area is 65.1 Å².